The van der Waals surface area contributed by atoms with Crippen LogP contribution in [0.25, 0.3) is 10.9 Å². The van der Waals surface area contributed by atoms with E-state index in [1.54, 1.807) is 24.6 Å². The van der Waals surface area contributed by atoms with Gasteiger partial charge in [-0.3, -0.25) is 4.79 Å². The van der Waals surface area contributed by atoms with Crippen LogP contribution in [0, 0.1) is 6.92 Å². The van der Waals surface area contributed by atoms with Crippen molar-refractivity contribution in [3.05, 3.63) is 57.9 Å². The lowest BCUT2D eigenvalue weighted by Gasteiger charge is -2.16. The molecule has 0 radical (unpaired) electrons. The van der Waals surface area contributed by atoms with E-state index in [1.807, 2.05) is 24.3 Å². The van der Waals surface area contributed by atoms with Crippen LogP contribution in [0.5, 0.6) is 0 Å². The zero-order valence-electron chi connectivity index (χ0n) is 15.5. The molecule has 0 unspecified atom stereocenters. The van der Waals surface area contributed by atoms with Gasteiger partial charge in [0.15, 0.2) is 6.61 Å². The number of rotatable bonds is 7. The van der Waals surface area contributed by atoms with E-state index in [-0.39, 0.29) is 6.42 Å². The molecule has 0 fully saturated rings. The maximum atomic E-state index is 12.2. The predicted octanol–water partition coefficient (Wildman–Crippen LogP) is 2.60. The highest BCUT2D eigenvalue weighted by Gasteiger charge is 2.24. The Balaban J connectivity index is 1.64. The normalized spacial score (nSPS) is 11.8. The van der Waals surface area contributed by atoms with Gasteiger partial charge in [-0.2, -0.15) is 0 Å². The van der Waals surface area contributed by atoms with Gasteiger partial charge in [0.25, 0.3) is 5.91 Å². The third-order valence-electron chi connectivity index (χ3n) is 4.30. The molecule has 0 saturated heterocycles. The van der Waals surface area contributed by atoms with Crippen molar-refractivity contribution in [3.63, 3.8) is 0 Å². The Bertz CT molecular complexity index is 1010. The number of hydrogen-bond acceptors (Lipinski definition) is 6. The van der Waals surface area contributed by atoms with Crippen molar-refractivity contribution in [2.45, 2.75) is 19.4 Å². The average molecular weight is 400 g/mol. The summed E-state index contributed by atoms with van der Waals surface area (Å²) in [5.74, 6) is -1.70. The first-order valence-electron chi connectivity index (χ1n) is 8.63. The molecule has 0 spiro atoms. The topological polar surface area (TPSA) is 97.5 Å². The largest absolute Gasteiger partial charge is 0.467 e. The Kier molecular flexibility index (Phi) is 6.10. The van der Waals surface area contributed by atoms with Gasteiger partial charge < -0.3 is 19.8 Å². The zero-order valence-corrected chi connectivity index (χ0v) is 16.3. The summed E-state index contributed by atoms with van der Waals surface area (Å²) in [6.45, 7) is 1.32. The molecule has 7 nitrogen and oxygen atoms in total. The van der Waals surface area contributed by atoms with Crippen LogP contribution in [0.2, 0.25) is 0 Å². The summed E-state index contributed by atoms with van der Waals surface area (Å²) in [7, 11) is 1.26. The maximum absolute atomic E-state index is 12.2. The number of carbonyl (C=O) groups is 3. The fraction of sp³-hybridized carbons (Fsp3) is 0.250. The van der Waals surface area contributed by atoms with Crippen LogP contribution < -0.4 is 5.32 Å². The smallest absolute Gasteiger partial charge is 0.349 e. The zero-order chi connectivity index (χ0) is 20.1. The van der Waals surface area contributed by atoms with Gasteiger partial charge in [0.1, 0.15) is 10.9 Å². The quantitative estimate of drug-likeness (QED) is 0.594. The highest BCUT2D eigenvalue weighted by Crippen LogP contribution is 2.19. The molecule has 0 saturated carbocycles. The van der Waals surface area contributed by atoms with Gasteiger partial charge in [0, 0.05) is 23.5 Å². The minimum Gasteiger partial charge on any atom is -0.467 e. The minimum absolute atomic E-state index is 0.250. The molecule has 3 rings (SSSR count). The summed E-state index contributed by atoms with van der Waals surface area (Å²) in [5.41, 5.74) is 2.60. The van der Waals surface area contributed by atoms with Crippen LogP contribution in [0.4, 0.5) is 0 Å². The molecule has 0 aliphatic rings. The van der Waals surface area contributed by atoms with Crippen molar-refractivity contribution in [1.82, 2.24) is 10.3 Å². The van der Waals surface area contributed by atoms with E-state index in [2.05, 4.69) is 10.3 Å². The van der Waals surface area contributed by atoms with Crippen LogP contribution in [-0.2, 0) is 25.5 Å². The highest BCUT2D eigenvalue weighted by molar-refractivity contribution is 7.12. The van der Waals surface area contributed by atoms with E-state index in [1.165, 1.54) is 18.4 Å². The number of carbonyl (C=O) groups excluding carboxylic acids is 3. The van der Waals surface area contributed by atoms with Crippen molar-refractivity contribution >= 4 is 40.1 Å². The first-order valence-corrected chi connectivity index (χ1v) is 9.51. The number of thiophene rings is 1. The van der Waals surface area contributed by atoms with Gasteiger partial charge in [0.05, 0.1) is 7.11 Å². The summed E-state index contributed by atoms with van der Waals surface area (Å²) < 4.78 is 9.85. The van der Waals surface area contributed by atoms with Crippen molar-refractivity contribution < 1.29 is 23.9 Å². The van der Waals surface area contributed by atoms with Gasteiger partial charge >= 0.3 is 11.9 Å². The van der Waals surface area contributed by atoms with Crippen LogP contribution >= 0.6 is 11.3 Å². The lowest BCUT2D eigenvalue weighted by molar-refractivity contribution is -0.145. The Morgan fingerprint density at radius 3 is 2.71 bits per heavy atom. The van der Waals surface area contributed by atoms with Gasteiger partial charge in [-0.1, -0.05) is 18.2 Å². The van der Waals surface area contributed by atoms with Crippen molar-refractivity contribution in [2.75, 3.05) is 13.7 Å². The Labute approximate surface area is 165 Å². The van der Waals surface area contributed by atoms with Gasteiger partial charge in [-0.15, -0.1) is 11.3 Å². The van der Waals surface area contributed by atoms with Gasteiger partial charge in [0.2, 0.25) is 0 Å². The van der Waals surface area contributed by atoms with Crippen LogP contribution in [0.3, 0.4) is 0 Å². The second-order valence-corrected chi connectivity index (χ2v) is 7.13. The number of ether oxygens (including phenoxy) is 2. The summed E-state index contributed by atoms with van der Waals surface area (Å²) in [6, 6.07) is 8.58. The van der Waals surface area contributed by atoms with Gasteiger partial charge in [-0.05, 0) is 35.6 Å². The number of methoxy groups -OCH3 is 1. The predicted molar refractivity (Wildman–Crippen MR) is 105 cm³/mol. The molecule has 1 aromatic carbocycles. The number of H-pyrrole nitrogens is 1. The SMILES string of the molecule is COC(=O)[C@@H](Cc1c[nH]c2ccccc12)NC(=O)COC(=O)c1sccc1C. The van der Waals surface area contributed by atoms with Crippen molar-refractivity contribution in [1.29, 1.82) is 0 Å². The van der Waals surface area contributed by atoms with E-state index >= 15 is 0 Å². The van der Waals surface area contributed by atoms with E-state index in [4.69, 9.17) is 9.47 Å². The first kappa shape index (κ1) is 19.6. The fourth-order valence-electron chi connectivity index (χ4n) is 2.87. The molecule has 1 atom stereocenters. The van der Waals surface area contributed by atoms with E-state index in [0.717, 1.165) is 22.0 Å². The van der Waals surface area contributed by atoms with Gasteiger partial charge in [-0.25, -0.2) is 9.59 Å². The number of aromatic nitrogens is 1. The number of amides is 1. The second-order valence-electron chi connectivity index (χ2n) is 6.22. The molecule has 2 heterocycles. The molecule has 0 bridgehead atoms. The van der Waals surface area contributed by atoms with Crippen molar-refractivity contribution in [2.24, 2.45) is 0 Å². The number of esters is 2. The molecule has 2 aromatic heterocycles. The molecule has 0 aliphatic heterocycles. The number of aromatic amines is 1. The molecule has 1 amide bonds. The molecule has 8 heteroatoms. The summed E-state index contributed by atoms with van der Waals surface area (Å²) in [5, 5.41) is 5.33. The lowest BCUT2D eigenvalue weighted by Crippen LogP contribution is -2.44. The summed E-state index contributed by atoms with van der Waals surface area (Å²) in [4.78, 5) is 40.0. The van der Waals surface area contributed by atoms with Crippen LogP contribution in [-0.4, -0.2) is 42.6 Å². The van der Waals surface area contributed by atoms with Crippen LogP contribution in [0.1, 0.15) is 20.8 Å². The molecule has 28 heavy (non-hydrogen) atoms. The fourth-order valence-corrected chi connectivity index (χ4v) is 3.69. The monoisotopic (exact) mass is 400 g/mol. The second kappa shape index (κ2) is 8.71. The standard InChI is InChI=1S/C20H20N2O5S/c1-12-7-8-28-18(12)20(25)27-11-17(23)22-16(19(24)26-2)9-13-10-21-15-6-4-3-5-14(13)15/h3-8,10,16,21H,9,11H2,1-2H3,(H,22,23)/t16-/m1/s1. The minimum atomic E-state index is -0.890. The molecule has 3 aromatic rings. The maximum Gasteiger partial charge on any atom is 0.349 e. The van der Waals surface area contributed by atoms with Crippen molar-refractivity contribution in [3.8, 4) is 0 Å². The third-order valence-corrected chi connectivity index (χ3v) is 5.30. The number of benzene rings is 1. The highest BCUT2D eigenvalue weighted by atomic mass is 32.1. The Morgan fingerprint density at radius 1 is 1.21 bits per heavy atom. The summed E-state index contributed by atoms with van der Waals surface area (Å²) >= 11 is 1.25. The average Bonchev–Trinajstić information content (AvgIpc) is 3.31. The number of hydrogen-bond donors (Lipinski definition) is 2. The number of nitrogens with one attached hydrogen (secondary N) is 2. The molecular weight excluding hydrogens is 380 g/mol. The Hall–Kier alpha value is -3.13. The Morgan fingerprint density at radius 2 is 2.00 bits per heavy atom. The van der Waals surface area contributed by atoms with Crippen LogP contribution in [0.15, 0.2) is 41.9 Å². The van der Waals surface area contributed by atoms with E-state index < -0.39 is 30.5 Å². The van der Waals surface area contributed by atoms with E-state index in [9.17, 15) is 14.4 Å². The molecule has 146 valence electrons. The summed E-state index contributed by atoms with van der Waals surface area (Å²) in [6.07, 6.45) is 2.05. The molecule has 2 N–H and O–H groups in total. The number of para-hydroxylation sites is 1. The molecule has 0 aliphatic carbocycles. The number of fused-ring (bicyclic) bond motifs is 1. The third kappa shape index (κ3) is 4.40. The molecular formula is C20H20N2O5S. The lowest BCUT2D eigenvalue weighted by atomic mass is 10.0. The number of aryl methyl sites for hydroxylation is 1. The van der Waals surface area contributed by atoms with E-state index in [0.29, 0.717) is 4.88 Å². The first-order chi connectivity index (χ1) is 13.5.